The Kier molecular flexibility index (Phi) is 4.40. The van der Waals surface area contributed by atoms with Gasteiger partial charge in [-0.3, -0.25) is 4.79 Å². The smallest absolute Gasteiger partial charge is 0.150 e. The Labute approximate surface area is 91.0 Å². The maximum Gasteiger partial charge on any atom is 0.150 e. The van der Waals surface area contributed by atoms with Gasteiger partial charge in [0.2, 0.25) is 0 Å². The summed E-state index contributed by atoms with van der Waals surface area (Å²) >= 11 is 0. The van der Waals surface area contributed by atoms with E-state index in [4.69, 9.17) is 11.1 Å². The molecule has 7 heteroatoms. The number of azide groups is 2. The quantitative estimate of drug-likeness (QED) is 0.319. The van der Waals surface area contributed by atoms with Gasteiger partial charge >= 0.3 is 0 Å². The lowest BCUT2D eigenvalue weighted by molar-refractivity contribution is 0.112. The van der Waals surface area contributed by atoms with Gasteiger partial charge in [-0.05, 0) is 16.6 Å². The highest BCUT2D eigenvalue weighted by atomic mass is 16.1. The molecule has 0 aliphatic carbocycles. The molecule has 80 valence electrons. The average Bonchev–Trinajstić information content (AvgIpc) is 2.35. The molecule has 0 fully saturated rings. The predicted molar refractivity (Wildman–Crippen MR) is 57.7 cm³/mol. The second kappa shape index (κ2) is 6.08. The minimum absolute atomic E-state index is 0.0565. The second-order valence-electron chi connectivity index (χ2n) is 2.92. The number of carbonyl (C=O) groups is 1. The van der Waals surface area contributed by atoms with Crippen molar-refractivity contribution in [3.05, 3.63) is 56.3 Å². The van der Waals surface area contributed by atoms with Crippen molar-refractivity contribution in [2.75, 3.05) is 6.54 Å². The number of carbonyl (C=O) groups excluding carboxylic acids is 1. The van der Waals surface area contributed by atoms with Gasteiger partial charge in [0.25, 0.3) is 0 Å². The number of nitrogens with zero attached hydrogens (tertiary/aromatic N) is 6. The van der Waals surface area contributed by atoms with Gasteiger partial charge in [-0.25, -0.2) is 0 Å². The molecule has 0 aliphatic rings. The molecule has 0 saturated heterocycles. The molecule has 0 radical (unpaired) electrons. The van der Waals surface area contributed by atoms with Crippen LogP contribution in [0.25, 0.3) is 20.9 Å². The Morgan fingerprint density at radius 2 is 1.94 bits per heavy atom. The summed E-state index contributed by atoms with van der Waals surface area (Å²) in [6, 6.07) is 6.00. The summed E-state index contributed by atoms with van der Waals surface area (Å²) in [5.74, 6) is 0. The van der Waals surface area contributed by atoms with Gasteiger partial charge in [-0.15, -0.1) is 0 Å². The van der Waals surface area contributed by atoms with Gasteiger partial charge in [-0.1, -0.05) is 34.5 Å². The third-order valence-corrected chi connectivity index (χ3v) is 1.97. The molecule has 0 saturated carbocycles. The fourth-order valence-electron chi connectivity index (χ4n) is 1.18. The second-order valence-corrected chi connectivity index (χ2v) is 2.92. The first-order valence-corrected chi connectivity index (χ1v) is 4.42. The summed E-state index contributed by atoms with van der Waals surface area (Å²) in [6.45, 7) is 0.0565. The molecule has 0 N–H and O–H groups in total. The van der Waals surface area contributed by atoms with Crippen LogP contribution < -0.4 is 0 Å². The van der Waals surface area contributed by atoms with Crippen molar-refractivity contribution in [3.63, 3.8) is 0 Å². The molecule has 1 aromatic rings. The van der Waals surface area contributed by atoms with Crippen LogP contribution in [0.5, 0.6) is 0 Å². The van der Waals surface area contributed by atoms with Crippen molar-refractivity contribution in [3.8, 4) is 0 Å². The highest BCUT2D eigenvalue weighted by molar-refractivity contribution is 5.74. The molecule has 1 aromatic carbocycles. The summed E-state index contributed by atoms with van der Waals surface area (Å²) in [5.41, 5.74) is 17.8. The lowest BCUT2D eigenvalue weighted by Crippen LogP contribution is -1.98. The van der Waals surface area contributed by atoms with Gasteiger partial charge < -0.3 is 0 Å². The molecule has 0 amide bonds. The van der Waals surface area contributed by atoms with Crippen molar-refractivity contribution in [1.29, 1.82) is 0 Å². The van der Waals surface area contributed by atoms with E-state index in [-0.39, 0.29) is 6.54 Å². The molecular formula is C9H8N6O. The Bertz CT molecular complexity index is 455. The van der Waals surface area contributed by atoms with Gasteiger partial charge in [0.05, 0.1) is 6.04 Å². The molecule has 16 heavy (non-hydrogen) atoms. The molecule has 1 atom stereocenters. The fourth-order valence-corrected chi connectivity index (χ4v) is 1.18. The predicted octanol–water partition coefficient (Wildman–Crippen LogP) is 3.16. The molecule has 0 spiro atoms. The van der Waals surface area contributed by atoms with Crippen LogP contribution in [-0.4, -0.2) is 12.8 Å². The minimum atomic E-state index is -0.540. The van der Waals surface area contributed by atoms with E-state index in [9.17, 15) is 4.79 Å². The number of hydrogen-bond acceptors (Lipinski definition) is 3. The van der Waals surface area contributed by atoms with Crippen molar-refractivity contribution in [2.45, 2.75) is 6.04 Å². The third-order valence-electron chi connectivity index (χ3n) is 1.97. The first-order valence-electron chi connectivity index (χ1n) is 4.42. The van der Waals surface area contributed by atoms with Crippen LogP contribution in [-0.2, 0) is 0 Å². The molecule has 1 rings (SSSR count). The Hall–Kier alpha value is -2.49. The zero-order valence-electron chi connectivity index (χ0n) is 8.26. The van der Waals surface area contributed by atoms with Crippen LogP contribution in [0, 0.1) is 0 Å². The number of rotatable bonds is 5. The number of aldehydes is 1. The largest absolute Gasteiger partial charge is 0.298 e. The maximum atomic E-state index is 10.4. The van der Waals surface area contributed by atoms with E-state index in [1.807, 2.05) is 0 Å². The standard InChI is InChI=1S/C9H8N6O/c10-14-12-5-9(13-15-11)8-3-1-7(6-16)2-4-8/h1-4,6,9H,5H2. The van der Waals surface area contributed by atoms with Crippen LogP contribution in [0.1, 0.15) is 22.0 Å². The summed E-state index contributed by atoms with van der Waals surface area (Å²) in [4.78, 5) is 15.7. The summed E-state index contributed by atoms with van der Waals surface area (Å²) in [7, 11) is 0. The summed E-state index contributed by atoms with van der Waals surface area (Å²) in [5, 5.41) is 6.87. The van der Waals surface area contributed by atoms with Gasteiger partial charge in [0.15, 0.2) is 0 Å². The SMILES string of the molecule is [N-]=[N+]=NCC(N=[N+]=[N-])c1ccc(C=O)cc1. The van der Waals surface area contributed by atoms with E-state index in [2.05, 4.69) is 20.1 Å². The molecule has 0 aliphatic heterocycles. The number of benzene rings is 1. The molecule has 1 unspecified atom stereocenters. The number of hydrogen-bond donors (Lipinski definition) is 0. The zero-order chi connectivity index (χ0) is 11.8. The van der Waals surface area contributed by atoms with E-state index in [1.165, 1.54) is 0 Å². The Morgan fingerprint density at radius 1 is 1.25 bits per heavy atom. The average molecular weight is 216 g/mol. The highest BCUT2D eigenvalue weighted by Gasteiger charge is 2.07. The van der Waals surface area contributed by atoms with E-state index >= 15 is 0 Å². The van der Waals surface area contributed by atoms with E-state index in [1.54, 1.807) is 24.3 Å². The normalized spacial score (nSPS) is 10.8. The van der Waals surface area contributed by atoms with Gasteiger partial charge in [0, 0.05) is 21.9 Å². The lowest BCUT2D eigenvalue weighted by atomic mass is 10.1. The van der Waals surface area contributed by atoms with Crippen molar-refractivity contribution < 1.29 is 4.79 Å². The zero-order valence-corrected chi connectivity index (χ0v) is 8.26. The van der Waals surface area contributed by atoms with Crippen molar-refractivity contribution in [2.24, 2.45) is 10.2 Å². The lowest BCUT2D eigenvalue weighted by Gasteiger charge is -2.07. The van der Waals surface area contributed by atoms with Gasteiger partial charge in [-0.2, -0.15) is 0 Å². The van der Waals surface area contributed by atoms with Crippen LogP contribution in [0.4, 0.5) is 0 Å². The molecule has 7 nitrogen and oxygen atoms in total. The minimum Gasteiger partial charge on any atom is -0.298 e. The van der Waals surface area contributed by atoms with E-state index < -0.39 is 6.04 Å². The first-order chi connectivity index (χ1) is 7.81. The van der Waals surface area contributed by atoms with Crippen LogP contribution >= 0.6 is 0 Å². The Balaban J connectivity index is 2.95. The fraction of sp³-hybridized carbons (Fsp3) is 0.222. The third kappa shape index (κ3) is 3.02. The maximum absolute atomic E-state index is 10.4. The topological polar surface area (TPSA) is 115 Å². The van der Waals surface area contributed by atoms with Gasteiger partial charge in [0.1, 0.15) is 6.29 Å². The first kappa shape index (κ1) is 11.6. The van der Waals surface area contributed by atoms with E-state index in [0.29, 0.717) is 11.1 Å². The van der Waals surface area contributed by atoms with E-state index in [0.717, 1.165) is 6.29 Å². The molecular weight excluding hydrogens is 208 g/mol. The monoisotopic (exact) mass is 216 g/mol. The Morgan fingerprint density at radius 3 is 2.44 bits per heavy atom. The van der Waals surface area contributed by atoms with Crippen LogP contribution in [0.2, 0.25) is 0 Å². The van der Waals surface area contributed by atoms with Crippen molar-refractivity contribution in [1.82, 2.24) is 0 Å². The van der Waals surface area contributed by atoms with Crippen LogP contribution in [0.15, 0.2) is 34.5 Å². The van der Waals surface area contributed by atoms with Crippen molar-refractivity contribution >= 4 is 6.29 Å². The molecule has 0 aromatic heterocycles. The molecule has 0 bridgehead atoms. The summed E-state index contributed by atoms with van der Waals surface area (Å²) in [6.07, 6.45) is 0.722. The molecule has 0 heterocycles. The van der Waals surface area contributed by atoms with Crippen LogP contribution in [0.3, 0.4) is 0 Å². The summed E-state index contributed by atoms with van der Waals surface area (Å²) < 4.78 is 0. The highest BCUT2D eigenvalue weighted by Crippen LogP contribution is 2.18.